The van der Waals surface area contributed by atoms with E-state index in [-0.39, 0.29) is 18.9 Å². The molecule has 78 valence electrons. The average molecular weight is 188 g/mol. The van der Waals surface area contributed by atoms with Crippen LogP contribution in [0.4, 0.5) is 0 Å². The minimum absolute atomic E-state index is 0.126. The zero-order valence-corrected chi connectivity index (χ0v) is 8.44. The van der Waals surface area contributed by atoms with Crippen molar-refractivity contribution < 1.29 is 9.84 Å². The van der Waals surface area contributed by atoms with Crippen molar-refractivity contribution in [3.05, 3.63) is 0 Å². The van der Waals surface area contributed by atoms with E-state index in [4.69, 9.17) is 15.6 Å². The van der Waals surface area contributed by atoms with Crippen molar-refractivity contribution in [2.45, 2.75) is 37.6 Å². The zero-order valence-electron chi connectivity index (χ0n) is 8.44. The Balaban J connectivity index is 2.42. The first-order chi connectivity index (χ1) is 6.13. The molecule has 0 spiro atoms. The summed E-state index contributed by atoms with van der Waals surface area (Å²) in [5, 5.41) is 8.80. The van der Waals surface area contributed by atoms with Gasteiger partial charge in [0.25, 0.3) is 0 Å². The Bertz CT molecular complexity index is 153. The largest absolute Gasteiger partial charge is 0.396 e. The van der Waals surface area contributed by atoms with E-state index in [0.29, 0.717) is 12.5 Å². The molecule has 3 unspecified atom stereocenters. The molecule has 4 nitrogen and oxygen atoms in total. The summed E-state index contributed by atoms with van der Waals surface area (Å²) in [6.45, 7) is 0.178. The molecule has 3 N–H and O–H groups in total. The summed E-state index contributed by atoms with van der Waals surface area (Å²) in [5.41, 5.74) is 5.75. The van der Waals surface area contributed by atoms with Crippen LogP contribution in [0.1, 0.15) is 19.3 Å². The summed E-state index contributed by atoms with van der Waals surface area (Å²) in [4.78, 5) is 2.17. The van der Waals surface area contributed by atoms with Crippen LogP contribution in [0, 0.1) is 0 Å². The highest BCUT2D eigenvalue weighted by Crippen LogP contribution is 2.21. The third-order valence-corrected chi connectivity index (χ3v) is 2.59. The molecule has 0 aromatic carbocycles. The van der Waals surface area contributed by atoms with E-state index in [2.05, 4.69) is 19.0 Å². The summed E-state index contributed by atoms with van der Waals surface area (Å²) in [5.74, 6) is 0. The van der Waals surface area contributed by atoms with Crippen LogP contribution in [0.3, 0.4) is 0 Å². The molecule has 0 bridgehead atoms. The fourth-order valence-corrected chi connectivity index (χ4v) is 1.78. The van der Waals surface area contributed by atoms with Gasteiger partial charge in [-0.2, -0.15) is 0 Å². The lowest BCUT2D eigenvalue weighted by molar-refractivity contribution is -0.0798. The summed E-state index contributed by atoms with van der Waals surface area (Å²) in [7, 11) is 4.11. The lowest BCUT2D eigenvalue weighted by Crippen LogP contribution is -2.46. The topological polar surface area (TPSA) is 58.7 Å². The third kappa shape index (κ3) is 3.23. The molecular weight excluding hydrogens is 168 g/mol. The maximum absolute atomic E-state index is 8.80. The predicted octanol–water partition coefficient (Wildman–Crippen LogP) is -0.237. The minimum Gasteiger partial charge on any atom is -0.396 e. The summed E-state index contributed by atoms with van der Waals surface area (Å²) in [6, 6.07) is 0.486. The molecule has 1 heterocycles. The Morgan fingerprint density at radius 3 is 2.69 bits per heavy atom. The molecule has 1 saturated heterocycles. The number of nitrogens with zero attached hydrogens (tertiary/aromatic N) is 1. The molecule has 0 amide bonds. The van der Waals surface area contributed by atoms with Crippen molar-refractivity contribution >= 4 is 0 Å². The number of rotatable bonds is 3. The SMILES string of the molecule is CN(C)C1CC(N)OC(CCO)C1. The molecule has 0 aromatic heterocycles. The molecule has 4 heteroatoms. The highest BCUT2D eigenvalue weighted by Gasteiger charge is 2.28. The van der Waals surface area contributed by atoms with E-state index in [1.807, 2.05) is 0 Å². The van der Waals surface area contributed by atoms with Gasteiger partial charge in [0.05, 0.1) is 6.10 Å². The maximum atomic E-state index is 8.80. The number of nitrogens with two attached hydrogens (primary N) is 1. The second-order valence-corrected chi connectivity index (χ2v) is 3.90. The maximum Gasteiger partial charge on any atom is 0.107 e. The number of aliphatic hydroxyl groups is 1. The number of ether oxygens (including phenoxy) is 1. The average Bonchev–Trinajstić information content (AvgIpc) is 2.03. The Morgan fingerprint density at radius 2 is 2.15 bits per heavy atom. The molecular formula is C9H20N2O2. The Morgan fingerprint density at radius 1 is 1.46 bits per heavy atom. The fraction of sp³-hybridized carbons (Fsp3) is 1.00. The van der Waals surface area contributed by atoms with Gasteiger partial charge in [-0.3, -0.25) is 0 Å². The second kappa shape index (κ2) is 4.91. The van der Waals surface area contributed by atoms with E-state index in [1.165, 1.54) is 0 Å². The van der Waals surface area contributed by atoms with Crippen molar-refractivity contribution in [2.75, 3.05) is 20.7 Å². The highest BCUT2D eigenvalue weighted by molar-refractivity contribution is 4.79. The normalized spacial score (nSPS) is 35.3. The van der Waals surface area contributed by atoms with Crippen LogP contribution in [-0.4, -0.2) is 49.1 Å². The van der Waals surface area contributed by atoms with Gasteiger partial charge in [0.15, 0.2) is 0 Å². The van der Waals surface area contributed by atoms with Crippen molar-refractivity contribution in [3.63, 3.8) is 0 Å². The van der Waals surface area contributed by atoms with Crippen LogP contribution >= 0.6 is 0 Å². The third-order valence-electron chi connectivity index (χ3n) is 2.59. The lowest BCUT2D eigenvalue weighted by Gasteiger charge is -2.36. The van der Waals surface area contributed by atoms with E-state index >= 15 is 0 Å². The molecule has 1 aliphatic heterocycles. The van der Waals surface area contributed by atoms with Crippen LogP contribution in [0.25, 0.3) is 0 Å². The molecule has 1 aliphatic rings. The minimum atomic E-state index is -0.169. The van der Waals surface area contributed by atoms with Gasteiger partial charge in [0.1, 0.15) is 6.23 Å². The van der Waals surface area contributed by atoms with Gasteiger partial charge in [0.2, 0.25) is 0 Å². The second-order valence-electron chi connectivity index (χ2n) is 3.90. The highest BCUT2D eigenvalue weighted by atomic mass is 16.5. The first-order valence-corrected chi connectivity index (χ1v) is 4.81. The van der Waals surface area contributed by atoms with Gasteiger partial charge in [-0.1, -0.05) is 0 Å². The Labute approximate surface area is 79.7 Å². The predicted molar refractivity (Wildman–Crippen MR) is 51.3 cm³/mol. The number of aliphatic hydroxyl groups excluding tert-OH is 1. The van der Waals surface area contributed by atoms with Gasteiger partial charge in [-0.25, -0.2) is 0 Å². The number of hydrogen-bond donors (Lipinski definition) is 2. The standard InChI is InChI=1S/C9H20N2O2/c1-11(2)7-5-8(3-4-12)13-9(10)6-7/h7-9,12H,3-6,10H2,1-2H3. The monoisotopic (exact) mass is 188 g/mol. The summed E-state index contributed by atoms with van der Waals surface area (Å²) in [6.07, 6.45) is 2.51. The molecule has 1 rings (SSSR count). The van der Waals surface area contributed by atoms with Gasteiger partial charge < -0.3 is 20.5 Å². The molecule has 0 aromatic rings. The number of hydrogen-bond acceptors (Lipinski definition) is 4. The van der Waals surface area contributed by atoms with Crippen molar-refractivity contribution in [1.82, 2.24) is 4.90 Å². The van der Waals surface area contributed by atoms with E-state index in [1.54, 1.807) is 0 Å². The lowest BCUT2D eigenvalue weighted by atomic mass is 9.99. The van der Waals surface area contributed by atoms with Crippen LogP contribution in [0.15, 0.2) is 0 Å². The van der Waals surface area contributed by atoms with Crippen LogP contribution in [-0.2, 0) is 4.74 Å². The zero-order chi connectivity index (χ0) is 9.84. The molecule has 13 heavy (non-hydrogen) atoms. The van der Waals surface area contributed by atoms with Crippen molar-refractivity contribution in [1.29, 1.82) is 0 Å². The first kappa shape index (κ1) is 10.9. The summed E-state index contributed by atoms with van der Waals surface area (Å²) >= 11 is 0. The molecule has 0 aliphatic carbocycles. The smallest absolute Gasteiger partial charge is 0.107 e. The van der Waals surface area contributed by atoms with Crippen LogP contribution < -0.4 is 5.73 Å². The van der Waals surface area contributed by atoms with Gasteiger partial charge in [-0.05, 0) is 26.9 Å². The van der Waals surface area contributed by atoms with E-state index in [9.17, 15) is 0 Å². The van der Waals surface area contributed by atoms with E-state index < -0.39 is 0 Å². The Hall–Kier alpha value is -0.160. The molecule has 0 radical (unpaired) electrons. The fourth-order valence-electron chi connectivity index (χ4n) is 1.78. The molecule has 1 fully saturated rings. The van der Waals surface area contributed by atoms with Gasteiger partial charge >= 0.3 is 0 Å². The van der Waals surface area contributed by atoms with Gasteiger partial charge in [-0.15, -0.1) is 0 Å². The molecule has 0 saturated carbocycles. The first-order valence-electron chi connectivity index (χ1n) is 4.81. The summed E-state index contributed by atoms with van der Waals surface area (Å²) < 4.78 is 5.50. The Kier molecular flexibility index (Phi) is 4.12. The van der Waals surface area contributed by atoms with Crippen LogP contribution in [0.5, 0.6) is 0 Å². The van der Waals surface area contributed by atoms with Crippen molar-refractivity contribution in [2.24, 2.45) is 5.73 Å². The van der Waals surface area contributed by atoms with Gasteiger partial charge in [0, 0.05) is 19.1 Å². The molecule has 3 atom stereocenters. The quantitative estimate of drug-likeness (QED) is 0.642. The van der Waals surface area contributed by atoms with Crippen molar-refractivity contribution in [3.8, 4) is 0 Å². The van der Waals surface area contributed by atoms with Crippen LogP contribution in [0.2, 0.25) is 0 Å². The van der Waals surface area contributed by atoms with E-state index in [0.717, 1.165) is 12.8 Å².